The lowest BCUT2D eigenvalue weighted by Crippen LogP contribution is -2.30. The van der Waals surface area contributed by atoms with Gasteiger partial charge in [-0.05, 0) is 84.8 Å². The molecule has 1 aliphatic rings. The maximum absolute atomic E-state index is 13.4. The Hall–Kier alpha value is -4.68. The number of aliphatic hydroxyl groups is 1. The summed E-state index contributed by atoms with van der Waals surface area (Å²) in [4.78, 5) is 28.9. The molecular weight excluding hydrogens is 621 g/mol. The fourth-order valence-electron chi connectivity index (χ4n) is 5.19. The van der Waals surface area contributed by atoms with Gasteiger partial charge in [0.2, 0.25) is 0 Å². The Morgan fingerprint density at radius 1 is 1.00 bits per heavy atom. The number of hydrogen-bond acceptors (Lipinski definition) is 6. The Morgan fingerprint density at radius 2 is 1.80 bits per heavy atom. The number of anilines is 2. The monoisotopic (exact) mass is 652 g/mol. The van der Waals surface area contributed by atoms with Crippen molar-refractivity contribution in [1.82, 2.24) is 15.2 Å². The number of aliphatic hydroxyl groups excluding tert-OH is 1. The second-order valence-corrected chi connectivity index (χ2v) is 11.3. The summed E-state index contributed by atoms with van der Waals surface area (Å²) >= 11 is 5.70. The molecule has 0 bridgehead atoms. The van der Waals surface area contributed by atoms with Crippen molar-refractivity contribution >= 4 is 41.0 Å². The summed E-state index contributed by atoms with van der Waals surface area (Å²) in [5, 5.41) is 19.7. The van der Waals surface area contributed by atoms with E-state index in [0.29, 0.717) is 18.5 Å². The zero-order valence-electron chi connectivity index (χ0n) is 24.7. The number of nitrogens with one attached hydrogen (secondary N) is 2. The van der Waals surface area contributed by atoms with Gasteiger partial charge in [-0.3, -0.25) is 14.3 Å². The van der Waals surface area contributed by atoms with Crippen LogP contribution >= 0.6 is 11.6 Å². The molecule has 2 heterocycles. The number of halogens is 4. The van der Waals surface area contributed by atoms with E-state index in [1.165, 1.54) is 6.07 Å². The molecule has 1 aliphatic heterocycles. The van der Waals surface area contributed by atoms with Gasteiger partial charge >= 0.3 is 6.18 Å². The predicted octanol–water partition coefficient (Wildman–Crippen LogP) is 6.14. The number of hydrazone groups is 1. The molecule has 0 saturated carbocycles. The first-order valence-corrected chi connectivity index (χ1v) is 15.1. The van der Waals surface area contributed by atoms with Crippen molar-refractivity contribution in [3.63, 3.8) is 0 Å². The van der Waals surface area contributed by atoms with Gasteiger partial charge in [-0.25, -0.2) is 5.43 Å². The zero-order valence-corrected chi connectivity index (χ0v) is 25.5. The Balaban J connectivity index is 1.35. The van der Waals surface area contributed by atoms with Crippen LogP contribution in [0.3, 0.4) is 0 Å². The molecule has 1 fully saturated rings. The highest BCUT2D eigenvalue weighted by Crippen LogP contribution is 2.35. The number of aromatic nitrogens is 2. The van der Waals surface area contributed by atoms with Crippen molar-refractivity contribution in [2.24, 2.45) is 5.10 Å². The number of carbonyl (C=O) groups is 2. The molecule has 13 heteroatoms. The molecule has 0 radical (unpaired) electrons. The Kier molecular flexibility index (Phi) is 10.4. The molecule has 3 N–H and O–H groups in total. The van der Waals surface area contributed by atoms with Gasteiger partial charge in [0.05, 0.1) is 40.8 Å². The second-order valence-electron chi connectivity index (χ2n) is 10.9. The SMILES string of the molecule is O=C(Nc1ccc(N2CCCCC2)cc1C(=O)N/N=C/c1ccc(Cl)c(C(F)(F)F)c1)c1cccc(Cn2cc(CCO)cn2)c1. The van der Waals surface area contributed by atoms with Gasteiger partial charge in [0.15, 0.2) is 0 Å². The van der Waals surface area contributed by atoms with E-state index in [2.05, 4.69) is 25.8 Å². The van der Waals surface area contributed by atoms with Crippen LogP contribution in [0.4, 0.5) is 24.5 Å². The average Bonchev–Trinajstić information content (AvgIpc) is 3.48. The molecule has 0 aliphatic carbocycles. The fourth-order valence-corrected chi connectivity index (χ4v) is 5.41. The number of amides is 2. The average molecular weight is 653 g/mol. The van der Waals surface area contributed by atoms with E-state index in [0.717, 1.165) is 67.5 Å². The minimum atomic E-state index is -4.64. The molecule has 2 amide bonds. The largest absolute Gasteiger partial charge is 0.417 e. The van der Waals surface area contributed by atoms with E-state index in [1.54, 1.807) is 41.2 Å². The fraction of sp³-hybridized carbons (Fsp3) is 0.273. The Morgan fingerprint density at radius 3 is 2.57 bits per heavy atom. The third-order valence-corrected chi connectivity index (χ3v) is 7.84. The molecule has 1 aromatic heterocycles. The van der Waals surface area contributed by atoms with E-state index in [4.69, 9.17) is 16.7 Å². The van der Waals surface area contributed by atoms with Gasteiger partial charge < -0.3 is 15.3 Å². The summed E-state index contributed by atoms with van der Waals surface area (Å²) in [5.41, 5.74) is 4.75. The number of hydrogen-bond donors (Lipinski definition) is 3. The van der Waals surface area contributed by atoms with Crippen molar-refractivity contribution in [1.29, 1.82) is 0 Å². The third-order valence-electron chi connectivity index (χ3n) is 7.51. The minimum absolute atomic E-state index is 0.0257. The third kappa shape index (κ3) is 8.32. The van der Waals surface area contributed by atoms with Crippen LogP contribution in [0.25, 0.3) is 0 Å². The van der Waals surface area contributed by atoms with Crippen LogP contribution in [0.1, 0.15) is 62.2 Å². The molecule has 46 heavy (non-hydrogen) atoms. The van der Waals surface area contributed by atoms with Crippen LogP contribution in [-0.2, 0) is 19.1 Å². The predicted molar refractivity (Wildman–Crippen MR) is 171 cm³/mol. The summed E-state index contributed by atoms with van der Waals surface area (Å²) < 4.78 is 41.5. The van der Waals surface area contributed by atoms with Gasteiger partial charge in [0.1, 0.15) is 0 Å². The van der Waals surface area contributed by atoms with E-state index >= 15 is 0 Å². The molecule has 240 valence electrons. The van der Waals surface area contributed by atoms with E-state index in [9.17, 15) is 22.8 Å². The summed E-state index contributed by atoms with van der Waals surface area (Å²) in [6.45, 7) is 2.10. The molecule has 9 nitrogen and oxygen atoms in total. The lowest BCUT2D eigenvalue weighted by molar-refractivity contribution is -0.137. The topological polar surface area (TPSA) is 112 Å². The Labute approximate surface area is 268 Å². The molecule has 3 aromatic carbocycles. The number of piperidine rings is 1. The molecule has 4 aromatic rings. The Bertz CT molecular complexity index is 1730. The minimum Gasteiger partial charge on any atom is -0.396 e. The molecule has 5 rings (SSSR count). The van der Waals surface area contributed by atoms with Crippen LogP contribution in [0.15, 0.2) is 78.2 Å². The molecule has 0 unspecified atom stereocenters. The lowest BCUT2D eigenvalue weighted by atomic mass is 10.1. The van der Waals surface area contributed by atoms with Crippen molar-refractivity contribution in [3.8, 4) is 0 Å². The van der Waals surface area contributed by atoms with Crippen molar-refractivity contribution in [2.45, 2.75) is 38.4 Å². The van der Waals surface area contributed by atoms with Crippen LogP contribution in [0.2, 0.25) is 5.02 Å². The standard InChI is InChI=1S/C33H32ClF3N6O3/c34-29-9-7-22(16-28(29)33(35,36)37)18-38-41-32(46)27-17-26(42-12-2-1-3-13-42)8-10-30(27)40-31(45)25-6-4-5-23(15-25)20-43-21-24(11-14-44)19-39-43/h4-10,15-19,21,44H,1-3,11-14,20H2,(H,40,45)(H,41,46)/b38-18+. The summed E-state index contributed by atoms with van der Waals surface area (Å²) in [7, 11) is 0. The molecule has 1 saturated heterocycles. The maximum atomic E-state index is 13.4. The molecule has 0 atom stereocenters. The number of nitrogens with zero attached hydrogens (tertiary/aromatic N) is 4. The van der Waals surface area contributed by atoms with Crippen molar-refractivity contribution in [3.05, 3.63) is 111 Å². The first kappa shape index (κ1) is 32.7. The first-order chi connectivity index (χ1) is 22.1. The quantitative estimate of drug-likeness (QED) is 0.141. The number of rotatable bonds is 10. The smallest absolute Gasteiger partial charge is 0.396 e. The second kappa shape index (κ2) is 14.6. The normalized spacial score (nSPS) is 13.6. The van der Waals surface area contributed by atoms with Gasteiger partial charge in [-0.1, -0.05) is 29.8 Å². The summed E-state index contributed by atoms with van der Waals surface area (Å²) in [5.74, 6) is -1.09. The number of benzene rings is 3. The van der Waals surface area contributed by atoms with Gasteiger partial charge in [-0.2, -0.15) is 23.4 Å². The van der Waals surface area contributed by atoms with Crippen LogP contribution in [0, 0.1) is 0 Å². The van der Waals surface area contributed by atoms with Crippen LogP contribution < -0.4 is 15.6 Å². The highest BCUT2D eigenvalue weighted by molar-refractivity contribution is 6.31. The van der Waals surface area contributed by atoms with Gasteiger partial charge in [0.25, 0.3) is 11.8 Å². The van der Waals surface area contributed by atoms with Crippen molar-refractivity contribution in [2.75, 3.05) is 29.9 Å². The van der Waals surface area contributed by atoms with Gasteiger partial charge in [0, 0.05) is 37.1 Å². The highest BCUT2D eigenvalue weighted by atomic mass is 35.5. The van der Waals surface area contributed by atoms with Crippen LogP contribution in [0.5, 0.6) is 0 Å². The number of alkyl halides is 3. The zero-order chi connectivity index (χ0) is 32.7. The first-order valence-electron chi connectivity index (χ1n) is 14.7. The van der Waals surface area contributed by atoms with Gasteiger partial charge in [-0.15, -0.1) is 0 Å². The maximum Gasteiger partial charge on any atom is 0.417 e. The van der Waals surface area contributed by atoms with E-state index in [-0.39, 0.29) is 23.4 Å². The van der Waals surface area contributed by atoms with Crippen LogP contribution in [-0.4, -0.2) is 52.6 Å². The number of carbonyl (C=O) groups excluding carboxylic acids is 2. The lowest BCUT2D eigenvalue weighted by Gasteiger charge is -2.29. The highest BCUT2D eigenvalue weighted by Gasteiger charge is 2.33. The summed E-state index contributed by atoms with van der Waals surface area (Å²) in [6, 6.07) is 15.5. The van der Waals surface area contributed by atoms with Crippen molar-refractivity contribution < 1.29 is 27.9 Å². The van der Waals surface area contributed by atoms with E-state index in [1.807, 2.05) is 18.3 Å². The molecule has 0 spiro atoms. The molecular formula is C33H32ClF3N6O3. The summed E-state index contributed by atoms with van der Waals surface area (Å²) in [6.07, 6.45) is 3.63. The van der Waals surface area contributed by atoms with E-state index < -0.39 is 28.6 Å².